The number of nitrogens with two attached hydrogens (primary N) is 1. The van der Waals surface area contributed by atoms with Crippen molar-refractivity contribution < 1.29 is 9.53 Å². The summed E-state index contributed by atoms with van der Waals surface area (Å²) in [5, 5.41) is 3.06. The van der Waals surface area contributed by atoms with Crippen LogP contribution in [0.4, 0.5) is 11.4 Å². The lowest BCUT2D eigenvalue weighted by Gasteiger charge is -2.22. The number of benzene rings is 2. The van der Waals surface area contributed by atoms with Crippen molar-refractivity contribution in [2.45, 2.75) is 38.0 Å². The molecular formula is C21H27Cl2N3O2. The van der Waals surface area contributed by atoms with Crippen molar-refractivity contribution in [1.82, 2.24) is 0 Å². The molecule has 4 rings (SSSR count). The number of nitrogens with zero attached hydrogens (tertiary/aromatic N) is 1. The third kappa shape index (κ3) is 4.78. The van der Waals surface area contributed by atoms with Gasteiger partial charge in [0.2, 0.25) is 0 Å². The quantitative estimate of drug-likeness (QED) is 0.771. The van der Waals surface area contributed by atoms with Crippen LogP contribution in [0.25, 0.3) is 0 Å². The summed E-state index contributed by atoms with van der Waals surface area (Å²) in [6, 6.07) is 16.5. The van der Waals surface area contributed by atoms with Gasteiger partial charge in [0, 0.05) is 31.0 Å². The predicted octanol–water partition coefficient (Wildman–Crippen LogP) is 3.54. The molecule has 152 valence electrons. The van der Waals surface area contributed by atoms with Gasteiger partial charge in [-0.25, -0.2) is 0 Å². The Bertz CT molecular complexity index is 803. The van der Waals surface area contributed by atoms with E-state index in [0.717, 1.165) is 43.6 Å². The summed E-state index contributed by atoms with van der Waals surface area (Å²) in [6.45, 7) is 2.25. The lowest BCUT2D eigenvalue weighted by molar-refractivity contribution is -0.126. The summed E-state index contributed by atoms with van der Waals surface area (Å²) >= 11 is 0. The number of nitrogens with one attached hydrogen (secondary N) is 1. The Labute approximate surface area is 178 Å². The van der Waals surface area contributed by atoms with Gasteiger partial charge in [0.25, 0.3) is 5.91 Å². The summed E-state index contributed by atoms with van der Waals surface area (Å²) in [5.74, 6) is -0.0739. The van der Waals surface area contributed by atoms with Gasteiger partial charge in [-0.1, -0.05) is 36.4 Å². The maximum Gasteiger partial charge on any atom is 0.253 e. The Hall–Kier alpha value is -1.79. The molecule has 2 aromatic carbocycles. The first-order valence-corrected chi connectivity index (χ1v) is 9.32. The Balaban J connectivity index is 0.00000140. The highest BCUT2D eigenvalue weighted by molar-refractivity contribution is 5.95. The molecule has 0 radical (unpaired) electrons. The molecule has 3 N–H and O–H groups in total. The average molecular weight is 424 g/mol. The second kappa shape index (κ2) is 10.1. The summed E-state index contributed by atoms with van der Waals surface area (Å²) in [4.78, 5) is 14.9. The minimum Gasteiger partial charge on any atom is -0.367 e. The molecule has 0 bridgehead atoms. The topological polar surface area (TPSA) is 67.6 Å². The van der Waals surface area contributed by atoms with Crippen LogP contribution in [0, 0.1) is 0 Å². The van der Waals surface area contributed by atoms with Gasteiger partial charge in [-0.3, -0.25) is 4.79 Å². The normalized spacial score (nSPS) is 20.1. The Morgan fingerprint density at radius 3 is 2.64 bits per heavy atom. The molecule has 28 heavy (non-hydrogen) atoms. The number of carbonyl (C=O) groups is 1. The number of para-hydroxylation sites is 2. The van der Waals surface area contributed by atoms with E-state index in [2.05, 4.69) is 40.5 Å². The van der Waals surface area contributed by atoms with Crippen LogP contribution in [0.5, 0.6) is 0 Å². The molecule has 0 spiro atoms. The first-order chi connectivity index (χ1) is 12.7. The summed E-state index contributed by atoms with van der Waals surface area (Å²) in [5.41, 5.74) is 10.3. The summed E-state index contributed by atoms with van der Waals surface area (Å²) in [6.07, 6.45) is 2.25. The molecule has 0 unspecified atom stereocenters. The Morgan fingerprint density at radius 2 is 1.86 bits per heavy atom. The van der Waals surface area contributed by atoms with E-state index in [1.807, 2.05) is 18.2 Å². The van der Waals surface area contributed by atoms with E-state index in [1.54, 1.807) is 0 Å². The van der Waals surface area contributed by atoms with Gasteiger partial charge >= 0.3 is 0 Å². The number of rotatable bonds is 5. The molecule has 0 aliphatic carbocycles. The Kier molecular flexibility index (Phi) is 8.13. The smallest absolute Gasteiger partial charge is 0.253 e. The number of hydrogen-bond acceptors (Lipinski definition) is 4. The second-order valence-electron chi connectivity index (χ2n) is 7.01. The van der Waals surface area contributed by atoms with Crippen molar-refractivity contribution in [3.63, 3.8) is 0 Å². The molecule has 0 aromatic heterocycles. The van der Waals surface area contributed by atoms with Crippen molar-refractivity contribution in [2.24, 2.45) is 5.73 Å². The highest BCUT2D eigenvalue weighted by Crippen LogP contribution is 2.30. The van der Waals surface area contributed by atoms with Crippen LogP contribution < -0.4 is 16.0 Å². The van der Waals surface area contributed by atoms with Crippen LogP contribution in [-0.4, -0.2) is 31.2 Å². The SMILES string of the molecule is Cl.Cl.NC[C@H]1CC[C@@H](C(=O)Nc2ccccc2CN2CCc3ccccc32)O1. The van der Waals surface area contributed by atoms with E-state index < -0.39 is 6.10 Å². The van der Waals surface area contributed by atoms with Crippen LogP contribution in [-0.2, 0) is 22.5 Å². The predicted molar refractivity (Wildman–Crippen MR) is 118 cm³/mol. The van der Waals surface area contributed by atoms with E-state index in [0.29, 0.717) is 6.54 Å². The van der Waals surface area contributed by atoms with Crippen LogP contribution in [0.3, 0.4) is 0 Å². The monoisotopic (exact) mass is 423 g/mol. The fourth-order valence-electron chi connectivity index (χ4n) is 3.84. The van der Waals surface area contributed by atoms with Crippen LogP contribution in [0.1, 0.15) is 24.0 Å². The van der Waals surface area contributed by atoms with Crippen molar-refractivity contribution >= 4 is 42.1 Å². The van der Waals surface area contributed by atoms with Gasteiger partial charge in [0.15, 0.2) is 0 Å². The van der Waals surface area contributed by atoms with Gasteiger partial charge < -0.3 is 20.7 Å². The zero-order chi connectivity index (χ0) is 17.9. The van der Waals surface area contributed by atoms with Crippen molar-refractivity contribution in [3.8, 4) is 0 Å². The zero-order valence-electron chi connectivity index (χ0n) is 15.7. The first-order valence-electron chi connectivity index (χ1n) is 9.32. The number of hydrogen-bond donors (Lipinski definition) is 2. The lowest BCUT2D eigenvalue weighted by atomic mass is 10.1. The second-order valence-corrected chi connectivity index (χ2v) is 7.01. The molecule has 1 saturated heterocycles. The van der Waals surface area contributed by atoms with Gasteiger partial charge in [-0.15, -0.1) is 24.8 Å². The van der Waals surface area contributed by atoms with Crippen molar-refractivity contribution in [3.05, 3.63) is 59.7 Å². The number of ether oxygens (including phenoxy) is 1. The molecule has 0 saturated carbocycles. The molecule has 5 nitrogen and oxygen atoms in total. The Morgan fingerprint density at radius 1 is 1.11 bits per heavy atom. The molecule has 2 heterocycles. The maximum absolute atomic E-state index is 12.6. The van der Waals surface area contributed by atoms with E-state index in [4.69, 9.17) is 10.5 Å². The molecule has 1 amide bonds. The highest BCUT2D eigenvalue weighted by Gasteiger charge is 2.30. The minimum atomic E-state index is -0.399. The number of carbonyl (C=O) groups excluding carboxylic acids is 1. The summed E-state index contributed by atoms with van der Waals surface area (Å²) in [7, 11) is 0. The lowest BCUT2D eigenvalue weighted by Crippen LogP contribution is -2.30. The van der Waals surface area contributed by atoms with Crippen LogP contribution in [0.2, 0.25) is 0 Å². The van der Waals surface area contributed by atoms with Gasteiger partial charge in [0.1, 0.15) is 6.10 Å². The number of anilines is 2. The van der Waals surface area contributed by atoms with Crippen LogP contribution >= 0.6 is 24.8 Å². The molecule has 2 atom stereocenters. The van der Waals surface area contributed by atoms with E-state index >= 15 is 0 Å². The highest BCUT2D eigenvalue weighted by atomic mass is 35.5. The van der Waals surface area contributed by atoms with Crippen molar-refractivity contribution in [1.29, 1.82) is 0 Å². The van der Waals surface area contributed by atoms with E-state index in [9.17, 15) is 4.79 Å². The van der Waals surface area contributed by atoms with E-state index in [-0.39, 0.29) is 36.8 Å². The zero-order valence-corrected chi connectivity index (χ0v) is 17.3. The molecule has 7 heteroatoms. The first kappa shape index (κ1) is 22.5. The third-order valence-corrected chi connectivity index (χ3v) is 5.28. The van der Waals surface area contributed by atoms with Gasteiger partial charge in [-0.05, 0) is 42.5 Å². The fraction of sp³-hybridized carbons (Fsp3) is 0.381. The third-order valence-electron chi connectivity index (χ3n) is 5.28. The van der Waals surface area contributed by atoms with Crippen LogP contribution in [0.15, 0.2) is 48.5 Å². The number of amides is 1. The average Bonchev–Trinajstić information content (AvgIpc) is 3.31. The van der Waals surface area contributed by atoms with E-state index in [1.165, 1.54) is 11.3 Å². The van der Waals surface area contributed by atoms with Gasteiger partial charge in [-0.2, -0.15) is 0 Å². The number of halogens is 2. The molecular weight excluding hydrogens is 397 g/mol. The molecule has 2 aliphatic heterocycles. The molecule has 2 aromatic rings. The standard InChI is InChI=1S/C21H25N3O2.2ClH/c22-13-17-9-10-20(26-17)21(25)23-18-7-3-1-6-16(18)14-24-12-11-15-5-2-4-8-19(15)24;;/h1-8,17,20H,9-14,22H2,(H,23,25);2*1H/t17-,20+;;/m1../s1. The maximum atomic E-state index is 12.6. The van der Waals surface area contributed by atoms with Gasteiger partial charge in [0.05, 0.1) is 6.10 Å². The summed E-state index contributed by atoms with van der Waals surface area (Å²) < 4.78 is 5.72. The number of fused-ring (bicyclic) bond motifs is 1. The fourth-order valence-corrected chi connectivity index (χ4v) is 3.84. The minimum absolute atomic E-state index is 0. The molecule has 1 fully saturated rings. The largest absolute Gasteiger partial charge is 0.367 e. The molecule has 2 aliphatic rings. The van der Waals surface area contributed by atoms with Crippen molar-refractivity contribution in [2.75, 3.05) is 23.3 Å².